The van der Waals surface area contributed by atoms with E-state index in [1.807, 2.05) is 96.9 Å². The number of fused-ring (bicyclic) bond motifs is 2. The number of rotatable bonds is 19. The molecule has 12 saturated carbocycles. The average molecular weight is 1750 g/mol. The molecule has 14 aliphatic rings. The second-order valence-electron chi connectivity index (χ2n) is 37.6. The van der Waals surface area contributed by atoms with Crippen molar-refractivity contribution in [3.8, 4) is 0 Å². The smallest absolute Gasteiger partial charge is 0.312 e. The zero-order valence-electron chi connectivity index (χ0n) is 66.3. The van der Waals surface area contributed by atoms with Crippen LogP contribution in [0.3, 0.4) is 0 Å². The molecule has 12 bridgehead atoms. The maximum absolute atomic E-state index is 12.6. The summed E-state index contributed by atoms with van der Waals surface area (Å²) in [4.78, 5) is 104. The Morgan fingerprint density at radius 3 is 0.876 bits per heavy atom. The monoisotopic (exact) mass is 1750 g/mol. The molecular weight excluding hydrogens is 1530 g/mol. The number of hydrogen-bond donors (Lipinski definition) is 3. The highest BCUT2D eigenvalue weighted by Gasteiger charge is 2.70. The van der Waals surface area contributed by atoms with Crippen LogP contribution in [0.15, 0.2) is 0 Å². The Bertz CT molecular complexity index is 2810. The fraction of sp³-hybridized carbons (Fsp3) is 0.913. The van der Waals surface area contributed by atoms with Gasteiger partial charge < -0.3 is 43.7 Å². The van der Waals surface area contributed by atoms with Crippen LogP contribution in [0.2, 0.25) is 0 Å². The lowest BCUT2D eigenvalue weighted by atomic mass is 9.49. The molecule has 10 unspecified atom stereocenters. The molecule has 740 valence electrons. The van der Waals surface area contributed by atoms with Gasteiger partial charge in [-0.1, -0.05) is 211 Å². The second-order valence-corrected chi connectivity index (χ2v) is 37.6. The Balaban J connectivity index is -0.0000000757. The predicted octanol–water partition coefficient (Wildman–Crippen LogP) is 30.9. The van der Waals surface area contributed by atoms with Crippen molar-refractivity contribution >= 4 is 53.7 Å². The Labute approximate surface area is 756 Å². The van der Waals surface area contributed by atoms with Crippen LogP contribution in [-0.2, 0) is 71.6 Å². The largest absolute Gasteiger partial charge is 0.481 e. The molecule has 0 radical (unpaired) electrons. The predicted molar refractivity (Wildman–Crippen MR) is 524 cm³/mol. The Kier molecular flexibility index (Phi) is 73.4. The number of carboxylic acid groups (broad SMARTS) is 3. The molecule has 10 atom stereocenters. The van der Waals surface area contributed by atoms with Gasteiger partial charge in [0.25, 0.3) is 0 Å². The first kappa shape index (κ1) is 154. The minimum absolute atomic E-state index is 0. The Hall–Kier alpha value is -4.77. The molecule has 2 saturated heterocycles. The summed E-state index contributed by atoms with van der Waals surface area (Å²) in [7, 11) is 0. The summed E-state index contributed by atoms with van der Waals surface area (Å²) < 4.78 is 34.8. The zero-order chi connectivity index (χ0) is 75.8. The third kappa shape index (κ3) is 32.8. The van der Waals surface area contributed by atoms with Crippen LogP contribution in [0, 0.1) is 121 Å². The van der Waals surface area contributed by atoms with Gasteiger partial charge in [0.2, 0.25) is 0 Å². The van der Waals surface area contributed by atoms with Crippen LogP contribution in [-0.4, -0.2) is 104 Å². The molecule has 14 fully saturated rings. The summed E-state index contributed by atoms with van der Waals surface area (Å²) in [6.45, 7) is 46.1. The van der Waals surface area contributed by atoms with Crippen molar-refractivity contribution in [3.63, 3.8) is 0 Å². The fourth-order valence-electron chi connectivity index (χ4n) is 17.8. The Morgan fingerprint density at radius 2 is 0.587 bits per heavy atom. The minimum atomic E-state index is -0.722. The lowest BCUT2D eigenvalue weighted by molar-refractivity contribution is -0.218. The summed E-state index contributed by atoms with van der Waals surface area (Å²) in [5.41, 5.74) is -4.14. The van der Waals surface area contributed by atoms with Crippen molar-refractivity contribution < 1.29 is 86.9 Å². The molecule has 0 amide bonds. The molecule has 18 heteroatoms. The van der Waals surface area contributed by atoms with Gasteiger partial charge in [-0.25, -0.2) is 0 Å². The van der Waals surface area contributed by atoms with Gasteiger partial charge in [-0.15, -0.1) is 0 Å². The SMILES string of the molecule is C.C.C.C.C.C.C.C.C.C.C.C.C.C.C.C.C.C.C.C.C.CCC(C)(C)C(=O)O.CCC(C)(C)C(=O)O.CCC(C)(C)C(=O)O.CCC(C)(C)C(=O)OC1(C)C2CC3C(=O)OC1C3C2.CCC(C)(C)C(=O)OC1(C)C2CC3CC(C2)CC1C3.CCC(C)(C)C(=O)OC1(CC)C2CC3CC(C2)CC1C3.CCC(C)(C)C(=O)OC1C2CC3C(=O)OC1C3C2. The number of aliphatic carboxylic acids is 3. The standard InChI is InChI=1S/C18H30O2.C17H28O2.C15H22O4.C14H20O4.3C6H12O2.21CH4/c1-5-17(3,4)16(19)20-18(6-2)14-8-12-7-13(10-14)11-15(18)9-12;1-5-16(2,3)15(18)19-17(4)13-7-11-6-12(9-13)10-14(17)8-11;1-5-14(2,3)13(17)19-15(4)8-6-9-10(7-8)12(16)18-11(9)15;1-4-14(2,3)13(16)18-10-7-5-8-9(6-7)12(15)17-11(8)10;3*1-4-6(2,3)5(7)8;;;;;;;;;;;;;;;;;;;;;/h12-15H,5-11H2,1-4H3;11-14H,5-10H2,1-4H3;8-11H,5-7H2,1-4H3;7-11H,4-6H2,1-3H3;3*4H2,1-3H3,(H,7,8);21*1H4. The molecule has 121 heavy (non-hydrogen) atoms. The molecule has 2 aliphatic heterocycles. The van der Waals surface area contributed by atoms with Crippen LogP contribution >= 0.6 is 0 Å². The van der Waals surface area contributed by atoms with Crippen molar-refractivity contribution in [2.24, 2.45) is 121 Å². The minimum Gasteiger partial charge on any atom is -0.481 e. The number of carbonyl (C=O) groups is 9. The van der Waals surface area contributed by atoms with Gasteiger partial charge in [0.15, 0.2) is 0 Å². The van der Waals surface area contributed by atoms with Crippen molar-refractivity contribution in [2.75, 3.05) is 0 Å². The van der Waals surface area contributed by atoms with E-state index in [9.17, 15) is 43.2 Å². The number of esters is 6. The number of hydrogen-bond acceptors (Lipinski definition) is 15. The average Bonchev–Trinajstić information content (AvgIpc) is 1.55. The van der Waals surface area contributed by atoms with Gasteiger partial charge in [0.05, 0.1) is 49.7 Å². The van der Waals surface area contributed by atoms with E-state index in [-0.39, 0.29) is 256 Å². The van der Waals surface area contributed by atoms with E-state index in [2.05, 4.69) is 27.7 Å². The molecule has 2 heterocycles. The summed E-state index contributed by atoms with van der Waals surface area (Å²) >= 11 is 0. The first-order chi connectivity index (χ1) is 46.0. The topological polar surface area (TPSA) is 270 Å². The van der Waals surface area contributed by atoms with Crippen LogP contribution in [0.4, 0.5) is 0 Å². The van der Waals surface area contributed by atoms with E-state index in [0.29, 0.717) is 54.8 Å². The van der Waals surface area contributed by atoms with Crippen molar-refractivity contribution in [2.45, 2.75) is 499 Å². The summed E-state index contributed by atoms with van der Waals surface area (Å²) in [5, 5.41) is 25.3. The lowest BCUT2D eigenvalue weighted by Gasteiger charge is -2.60. The quantitative estimate of drug-likeness (QED) is 0.0801. The molecule has 0 aromatic heterocycles. The van der Waals surface area contributed by atoms with Crippen molar-refractivity contribution in [1.82, 2.24) is 0 Å². The van der Waals surface area contributed by atoms with Crippen LogP contribution in [0.1, 0.15) is 463 Å². The molecule has 12 aliphatic carbocycles. The second kappa shape index (κ2) is 57.8. The van der Waals surface area contributed by atoms with Crippen LogP contribution in [0.5, 0.6) is 0 Å². The molecule has 14 rings (SSSR count). The zero-order valence-corrected chi connectivity index (χ0v) is 66.3. The number of carboxylic acids is 3. The number of carbonyl (C=O) groups excluding carboxylic acids is 6. The van der Waals surface area contributed by atoms with Crippen LogP contribution < -0.4 is 0 Å². The van der Waals surface area contributed by atoms with E-state index >= 15 is 0 Å². The first-order valence-electron chi connectivity index (χ1n) is 39.0. The van der Waals surface area contributed by atoms with E-state index in [4.69, 9.17) is 43.7 Å². The van der Waals surface area contributed by atoms with E-state index in [0.717, 1.165) is 81.5 Å². The molecule has 3 N–H and O–H groups in total. The summed E-state index contributed by atoms with van der Waals surface area (Å²) in [6, 6.07) is 0. The summed E-state index contributed by atoms with van der Waals surface area (Å²) in [6.07, 6.45) is 22.5. The van der Waals surface area contributed by atoms with E-state index in [1.165, 1.54) is 64.2 Å². The van der Waals surface area contributed by atoms with Crippen LogP contribution in [0.25, 0.3) is 0 Å². The number of ether oxygens (including phenoxy) is 6. The molecule has 0 spiro atoms. The highest BCUT2D eigenvalue weighted by atomic mass is 16.6. The fourth-order valence-corrected chi connectivity index (χ4v) is 17.8. The van der Waals surface area contributed by atoms with Gasteiger partial charge in [-0.2, -0.15) is 0 Å². The normalized spacial score (nSPS) is 29.2. The maximum Gasteiger partial charge on any atom is 0.312 e. The highest BCUT2D eigenvalue weighted by Crippen LogP contribution is 2.64. The van der Waals surface area contributed by atoms with Gasteiger partial charge in [-0.05, 0) is 299 Å². The van der Waals surface area contributed by atoms with Crippen molar-refractivity contribution in [3.05, 3.63) is 0 Å². The third-order valence-electron chi connectivity index (χ3n) is 28.5. The first-order valence-corrected chi connectivity index (χ1v) is 39.0. The summed E-state index contributed by atoms with van der Waals surface area (Å²) in [5.74, 6) is 4.90. The van der Waals surface area contributed by atoms with E-state index < -0.39 is 50.6 Å². The van der Waals surface area contributed by atoms with Crippen molar-refractivity contribution in [1.29, 1.82) is 0 Å². The van der Waals surface area contributed by atoms with Gasteiger partial charge in [0.1, 0.15) is 35.1 Å². The molecular formula is C103H220O18. The molecule has 0 aromatic carbocycles. The maximum atomic E-state index is 12.6. The molecule has 18 nitrogen and oxygen atoms in total. The Morgan fingerprint density at radius 1 is 0.322 bits per heavy atom. The van der Waals surface area contributed by atoms with Gasteiger partial charge in [0, 0.05) is 23.7 Å². The lowest BCUT2D eigenvalue weighted by Crippen LogP contribution is -2.60. The third-order valence-corrected chi connectivity index (χ3v) is 28.5. The van der Waals surface area contributed by atoms with E-state index in [1.54, 1.807) is 41.5 Å². The molecule has 0 aromatic rings. The van der Waals surface area contributed by atoms with Gasteiger partial charge in [-0.3, -0.25) is 43.2 Å². The highest BCUT2D eigenvalue weighted by molar-refractivity contribution is 5.81. The van der Waals surface area contributed by atoms with Gasteiger partial charge >= 0.3 is 53.7 Å².